The molecule has 0 amide bonds. The van der Waals surface area contributed by atoms with Crippen LogP contribution in [0.3, 0.4) is 0 Å². The van der Waals surface area contributed by atoms with E-state index in [1.54, 1.807) is 12.1 Å². The predicted molar refractivity (Wildman–Crippen MR) is 81.5 cm³/mol. The Labute approximate surface area is 117 Å². The SMILES string of the molecule is Cc1cccc(N(C)c2ccc(C(N)=S)c(F)c2)c1. The predicted octanol–water partition coefficient (Wildman–Crippen LogP) is 3.54. The lowest BCUT2D eigenvalue weighted by Gasteiger charge is -2.20. The lowest BCUT2D eigenvalue weighted by Crippen LogP contribution is -2.14. The third kappa shape index (κ3) is 2.90. The van der Waals surface area contributed by atoms with Crippen molar-refractivity contribution in [2.45, 2.75) is 6.92 Å². The minimum absolute atomic E-state index is 0.0715. The number of benzene rings is 2. The molecule has 2 rings (SSSR count). The number of thiocarbonyl (C=S) groups is 1. The van der Waals surface area contributed by atoms with Crippen molar-refractivity contribution in [1.82, 2.24) is 0 Å². The van der Waals surface area contributed by atoms with Gasteiger partial charge in [-0.2, -0.15) is 0 Å². The van der Waals surface area contributed by atoms with Gasteiger partial charge in [-0.3, -0.25) is 0 Å². The van der Waals surface area contributed by atoms with Crippen LogP contribution in [0.15, 0.2) is 42.5 Å². The van der Waals surface area contributed by atoms with Crippen molar-refractivity contribution in [3.63, 3.8) is 0 Å². The van der Waals surface area contributed by atoms with Crippen LogP contribution < -0.4 is 10.6 Å². The second-order valence-electron chi connectivity index (χ2n) is 4.43. The molecule has 0 saturated heterocycles. The van der Waals surface area contributed by atoms with Gasteiger partial charge in [-0.15, -0.1) is 0 Å². The van der Waals surface area contributed by atoms with Gasteiger partial charge in [0.2, 0.25) is 0 Å². The van der Waals surface area contributed by atoms with Crippen molar-refractivity contribution in [1.29, 1.82) is 0 Å². The van der Waals surface area contributed by atoms with E-state index in [0.717, 1.165) is 16.9 Å². The maximum Gasteiger partial charge on any atom is 0.135 e. The van der Waals surface area contributed by atoms with Crippen LogP contribution in [0.1, 0.15) is 11.1 Å². The van der Waals surface area contributed by atoms with E-state index < -0.39 is 5.82 Å². The van der Waals surface area contributed by atoms with Gasteiger partial charge in [-0.1, -0.05) is 24.4 Å². The highest BCUT2D eigenvalue weighted by Crippen LogP contribution is 2.25. The van der Waals surface area contributed by atoms with Gasteiger partial charge in [0.1, 0.15) is 10.8 Å². The zero-order valence-corrected chi connectivity index (χ0v) is 11.7. The molecule has 0 spiro atoms. The fraction of sp³-hybridized carbons (Fsp3) is 0.133. The summed E-state index contributed by atoms with van der Waals surface area (Å²) in [6.07, 6.45) is 0. The monoisotopic (exact) mass is 274 g/mol. The lowest BCUT2D eigenvalue weighted by molar-refractivity contribution is 0.625. The summed E-state index contributed by atoms with van der Waals surface area (Å²) in [7, 11) is 1.89. The molecule has 4 heteroatoms. The maximum absolute atomic E-state index is 13.9. The molecule has 98 valence electrons. The summed E-state index contributed by atoms with van der Waals surface area (Å²) in [5, 5.41) is 0. The molecule has 2 aromatic carbocycles. The van der Waals surface area contributed by atoms with E-state index in [-0.39, 0.29) is 10.6 Å². The summed E-state index contributed by atoms with van der Waals surface area (Å²) in [6.45, 7) is 2.02. The van der Waals surface area contributed by atoms with Gasteiger partial charge in [-0.05, 0) is 42.8 Å². The van der Waals surface area contributed by atoms with Crippen molar-refractivity contribution >= 4 is 28.6 Å². The fourth-order valence-electron chi connectivity index (χ4n) is 1.90. The maximum atomic E-state index is 13.9. The van der Waals surface area contributed by atoms with Gasteiger partial charge in [-0.25, -0.2) is 4.39 Å². The van der Waals surface area contributed by atoms with E-state index in [1.165, 1.54) is 6.07 Å². The quantitative estimate of drug-likeness (QED) is 0.868. The van der Waals surface area contributed by atoms with Crippen LogP contribution in [0.5, 0.6) is 0 Å². The summed E-state index contributed by atoms with van der Waals surface area (Å²) in [6, 6.07) is 12.9. The molecule has 0 aliphatic heterocycles. The zero-order chi connectivity index (χ0) is 14.0. The summed E-state index contributed by atoms with van der Waals surface area (Å²) < 4.78 is 13.9. The van der Waals surface area contributed by atoms with Crippen LogP contribution in [0.25, 0.3) is 0 Å². The van der Waals surface area contributed by atoms with E-state index in [4.69, 9.17) is 18.0 Å². The third-order valence-electron chi connectivity index (χ3n) is 2.99. The average molecular weight is 274 g/mol. The highest BCUT2D eigenvalue weighted by Gasteiger charge is 2.09. The largest absolute Gasteiger partial charge is 0.389 e. The highest BCUT2D eigenvalue weighted by molar-refractivity contribution is 7.80. The molecule has 0 saturated carbocycles. The van der Waals surface area contributed by atoms with Crippen molar-refractivity contribution in [3.8, 4) is 0 Å². The number of anilines is 2. The lowest BCUT2D eigenvalue weighted by atomic mass is 10.1. The van der Waals surface area contributed by atoms with E-state index in [9.17, 15) is 4.39 Å². The minimum atomic E-state index is -0.399. The number of nitrogens with two attached hydrogens (primary N) is 1. The van der Waals surface area contributed by atoms with Gasteiger partial charge in [0.15, 0.2) is 0 Å². The standard InChI is InChI=1S/C15H15FN2S/c1-10-4-3-5-11(8-10)18(2)12-6-7-13(15(17)19)14(16)9-12/h3-9H,1-2H3,(H2,17,19). The van der Waals surface area contributed by atoms with Crippen molar-refractivity contribution < 1.29 is 4.39 Å². The first-order chi connectivity index (χ1) is 8.99. The fourth-order valence-corrected chi connectivity index (χ4v) is 2.06. The van der Waals surface area contributed by atoms with Crippen molar-refractivity contribution in [3.05, 3.63) is 59.4 Å². The first kappa shape index (κ1) is 13.5. The molecule has 2 N–H and O–H groups in total. The first-order valence-electron chi connectivity index (χ1n) is 5.89. The van der Waals surface area contributed by atoms with Crippen LogP contribution in [0.2, 0.25) is 0 Å². The van der Waals surface area contributed by atoms with Gasteiger partial charge in [0.25, 0.3) is 0 Å². The number of hydrogen-bond donors (Lipinski definition) is 1. The molecule has 0 heterocycles. The first-order valence-corrected chi connectivity index (χ1v) is 6.29. The molecule has 19 heavy (non-hydrogen) atoms. The number of nitrogens with zero attached hydrogens (tertiary/aromatic N) is 1. The minimum Gasteiger partial charge on any atom is -0.389 e. The summed E-state index contributed by atoms with van der Waals surface area (Å²) in [4.78, 5) is 1.99. The molecule has 0 bridgehead atoms. The summed E-state index contributed by atoms with van der Waals surface area (Å²) in [5.74, 6) is -0.399. The smallest absolute Gasteiger partial charge is 0.135 e. The van der Waals surface area contributed by atoms with Gasteiger partial charge < -0.3 is 10.6 Å². The van der Waals surface area contributed by atoms with Crippen LogP contribution in [-0.2, 0) is 0 Å². The second-order valence-corrected chi connectivity index (χ2v) is 4.87. The Hall–Kier alpha value is -1.94. The highest BCUT2D eigenvalue weighted by atomic mass is 32.1. The number of hydrogen-bond acceptors (Lipinski definition) is 2. The Bertz CT molecular complexity index is 625. The molecule has 0 fully saturated rings. The Morgan fingerprint density at radius 1 is 1.16 bits per heavy atom. The van der Waals surface area contributed by atoms with Crippen LogP contribution >= 0.6 is 12.2 Å². The van der Waals surface area contributed by atoms with Gasteiger partial charge in [0.05, 0.1) is 0 Å². The average Bonchev–Trinajstić information content (AvgIpc) is 2.37. The Kier molecular flexibility index (Phi) is 3.81. The van der Waals surface area contributed by atoms with Crippen LogP contribution in [-0.4, -0.2) is 12.0 Å². The molecule has 0 unspecified atom stereocenters. The molecule has 0 radical (unpaired) electrons. The molecule has 0 aliphatic rings. The molecule has 2 nitrogen and oxygen atoms in total. The number of aryl methyl sites for hydroxylation is 1. The van der Waals surface area contributed by atoms with Gasteiger partial charge >= 0.3 is 0 Å². The van der Waals surface area contributed by atoms with E-state index in [0.29, 0.717) is 0 Å². The molecule has 0 atom stereocenters. The van der Waals surface area contributed by atoms with Crippen molar-refractivity contribution in [2.24, 2.45) is 5.73 Å². The molecular weight excluding hydrogens is 259 g/mol. The molecule has 2 aromatic rings. The van der Waals surface area contributed by atoms with Crippen molar-refractivity contribution in [2.75, 3.05) is 11.9 Å². The van der Waals surface area contributed by atoms with Crippen LogP contribution in [0.4, 0.5) is 15.8 Å². The molecular formula is C15H15FN2S. The Balaban J connectivity index is 2.37. The molecule has 0 aliphatic carbocycles. The topological polar surface area (TPSA) is 29.3 Å². The van der Waals surface area contributed by atoms with E-state index >= 15 is 0 Å². The van der Waals surface area contributed by atoms with E-state index in [1.807, 2.05) is 43.1 Å². The summed E-state index contributed by atoms with van der Waals surface area (Å²) in [5.41, 5.74) is 8.64. The zero-order valence-electron chi connectivity index (χ0n) is 10.9. The van der Waals surface area contributed by atoms with Crippen LogP contribution in [0, 0.1) is 12.7 Å². The second kappa shape index (κ2) is 5.36. The molecule has 0 aromatic heterocycles. The van der Waals surface area contributed by atoms with E-state index in [2.05, 4.69) is 0 Å². The van der Waals surface area contributed by atoms with Gasteiger partial charge in [0, 0.05) is 24.0 Å². The normalized spacial score (nSPS) is 10.3. The Morgan fingerprint density at radius 3 is 2.42 bits per heavy atom. The Morgan fingerprint density at radius 2 is 1.84 bits per heavy atom. The number of halogens is 1. The summed E-state index contributed by atoms with van der Waals surface area (Å²) >= 11 is 4.79. The number of rotatable bonds is 3. The third-order valence-corrected chi connectivity index (χ3v) is 3.21.